The van der Waals surface area contributed by atoms with Crippen LogP contribution in [0.1, 0.15) is 10.5 Å². The van der Waals surface area contributed by atoms with Crippen LogP contribution in [0, 0.1) is 0 Å². The van der Waals surface area contributed by atoms with Crippen molar-refractivity contribution in [1.82, 2.24) is 14.6 Å². The van der Waals surface area contributed by atoms with Crippen LogP contribution < -0.4 is 5.56 Å². The number of benzene rings is 1. The average molecular weight is 324 g/mol. The van der Waals surface area contributed by atoms with Gasteiger partial charge in [0.2, 0.25) is 0 Å². The Labute approximate surface area is 127 Å². The summed E-state index contributed by atoms with van der Waals surface area (Å²) in [6.45, 7) is 0. The van der Waals surface area contributed by atoms with Crippen LogP contribution in [0.25, 0.3) is 16.8 Å². The number of H-pyrrole nitrogens is 1. The van der Waals surface area contributed by atoms with Crippen molar-refractivity contribution in [3.05, 3.63) is 56.6 Å². The van der Waals surface area contributed by atoms with Crippen LogP contribution in [-0.2, 0) is 0 Å². The summed E-state index contributed by atoms with van der Waals surface area (Å²) in [6, 6.07) is 6.10. The number of hydrogen-bond donors (Lipinski definition) is 2. The van der Waals surface area contributed by atoms with Crippen molar-refractivity contribution in [2.24, 2.45) is 0 Å². The number of carboxylic acid groups (broad SMARTS) is 1. The highest BCUT2D eigenvalue weighted by Gasteiger charge is 2.12. The first-order valence-electron chi connectivity index (χ1n) is 5.77. The summed E-state index contributed by atoms with van der Waals surface area (Å²) in [4.78, 5) is 25.5. The van der Waals surface area contributed by atoms with Crippen LogP contribution in [0.5, 0.6) is 0 Å². The van der Waals surface area contributed by atoms with E-state index in [9.17, 15) is 9.59 Å². The van der Waals surface area contributed by atoms with E-state index in [-0.39, 0.29) is 11.2 Å². The lowest BCUT2D eigenvalue weighted by molar-refractivity contribution is 0.0690. The lowest BCUT2D eigenvalue weighted by Gasteiger charge is -2.04. The molecule has 0 unspecified atom stereocenters. The molecule has 6 nitrogen and oxygen atoms in total. The fourth-order valence-electron chi connectivity index (χ4n) is 1.92. The predicted molar refractivity (Wildman–Crippen MR) is 78.2 cm³/mol. The summed E-state index contributed by atoms with van der Waals surface area (Å²) < 4.78 is 1.22. The van der Waals surface area contributed by atoms with Gasteiger partial charge < -0.3 is 10.1 Å². The van der Waals surface area contributed by atoms with E-state index in [0.29, 0.717) is 21.3 Å². The van der Waals surface area contributed by atoms with Gasteiger partial charge in [0.15, 0.2) is 5.69 Å². The molecule has 3 aromatic rings. The van der Waals surface area contributed by atoms with Gasteiger partial charge in [-0.1, -0.05) is 29.3 Å². The first kappa shape index (κ1) is 13.7. The molecule has 106 valence electrons. The van der Waals surface area contributed by atoms with E-state index in [1.807, 2.05) is 0 Å². The molecule has 0 atom stereocenters. The largest absolute Gasteiger partial charge is 0.476 e. The monoisotopic (exact) mass is 323 g/mol. The number of aromatic amines is 1. The second kappa shape index (κ2) is 4.91. The van der Waals surface area contributed by atoms with Gasteiger partial charge in [-0.05, 0) is 12.1 Å². The Morgan fingerprint density at radius 1 is 1.24 bits per heavy atom. The van der Waals surface area contributed by atoms with Crippen LogP contribution in [0.4, 0.5) is 0 Å². The number of nitrogens with zero attached hydrogens (tertiary/aromatic N) is 2. The molecule has 0 radical (unpaired) electrons. The summed E-state index contributed by atoms with van der Waals surface area (Å²) in [5, 5.41) is 13.5. The Bertz CT molecular complexity index is 930. The Morgan fingerprint density at radius 3 is 2.67 bits per heavy atom. The molecule has 1 aromatic carbocycles. The van der Waals surface area contributed by atoms with Gasteiger partial charge in [-0.3, -0.25) is 4.79 Å². The van der Waals surface area contributed by atoms with Crippen molar-refractivity contribution in [3.8, 4) is 11.3 Å². The Hall–Kier alpha value is -2.31. The molecule has 0 saturated heterocycles. The number of nitrogens with one attached hydrogen (secondary N) is 1. The van der Waals surface area contributed by atoms with E-state index in [4.69, 9.17) is 28.3 Å². The lowest BCUT2D eigenvalue weighted by atomic mass is 10.1. The molecule has 0 aliphatic heterocycles. The smallest absolute Gasteiger partial charge is 0.356 e. The molecule has 0 bridgehead atoms. The number of halogens is 2. The van der Waals surface area contributed by atoms with E-state index in [1.54, 1.807) is 18.2 Å². The molecular formula is C13H7Cl2N3O3. The van der Waals surface area contributed by atoms with Crippen molar-refractivity contribution in [2.45, 2.75) is 0 Å². The zero-order chi connectivity index (χ0) is 15.1. The molecule has 3 rings (SSSR count). The minimum absolute atomic E-state index is 0.149. The zero-order valence-electron chi connectivity index (χ0n) is 10.3. The minimum Gasteiger partial charge on any atom is -0.476 e. The van der Waals surface area contributed by atoms with Crippen molar-refractivity contribution in [3.63, 3.8) is 0 Å². The van der Waals surface area contributed by atoms with Gasteiger partial charge >= 0.3 is 5.97 Å². The maximum atomic E-state index is 12.0. The fourth-order valence-corrected chi connectivity index (χ4v) is 2.22. The molecule has 8 heteroatoms. The quantitative estimate of drug-likeness (QED) is 0.759. The molecule has 21 heavy (non-hydrogen) atoms. The third-order valence-corrected chi connectivity index (χ3v) is 3.66. The SMILES string of the molecule is O=C(O)c1cc2c(=O)[nH]c(-c3ccc(Cl)c(Cl)c3)cn2n1. The summed E-state index contributed by atoms with van der Waals surface area (Å²) in [5.41, 5.74) is 0.587. The maximum absolute atomic E-state index is 12.0. The van der Waals surface area contributed by atoms with Gasteiger partial charge in [0.05, 0.1) is 21.9 Å². The van der Waals surface area contributed by atoms with Crippen LogP contribution in [0.3, 0.4) is 0 Å². The van der Waals surface area contributed by atoms with Gasteiger partial charge in [0.1, 0.15) is 5.52 Å². The lowest BCUT2D eigenvalue weighted by Crippen LogP contribution is -2.10. The Balaban J connectivity index is 2.22. The summed E-state index contributed by atoms with van der Waals surface area (Å²) >= 11 is 11.8. The van der Waals surface area contributed by atoms with Gasteiger partial charge in [-0.2, -0.15) is 5.10 Å². The second-order valence-electron chi connectivity index (χ2n) is 4.29. The van der Waals surface area contributed by atoms with E-state index in [2.05, 4.69) is 10.1 Å². The van der Waals surface area contributed by atoms with Gasteiger partial charge in [0.25, 0.3) is 5.56 Å². The first-order chi connectivity index (χ1) is 9.95. The molecule has 0 amide bonds. The number of carbonyl (C=O) groups is 1. The van der Waals surface area contributed by atoms with E-state index >= 15 is 0 Å². The molecule has 2 heterocycles. The van der Waals surface area contributed by atoms with Crippen LogP contribution in [0.2, 0.25) is 10.0 Å². The van der Waals surface area contributed by atoms with Crippen molar-refractivity contribution < 1.29 is 9.90 Å². The van der Waals surface area contributed by atoms with Gasteiger partial charge in [-0.15, -0.1) is 0 Å². The van der Waals surface area contributed by atoms with Crippen LogP contribution in [0.15, 0.2) is 35.3 Å². The molecular weight excluding hydrogens is 317 g/mol. The molecule has 0 aliphatic carbocycles. The average Bonchev–Trinajstić information content (AvgIpc) is 2.86. The van der Waals surface area contributed by atoms with Crippen LogP contribution in [-0.4, -0.2) is 25.7 Å². The van der Waals surface area contributed by atoms with Crippen molar-refractivity contribution in [1.29, 1.82) is 0 Å². The minimum atomic E-state index is -1.20. The number of aromatic nitrogens is 3. The molecule has 0 spiro atoms. The highest BCUT2D eigenvalue weighted by Crippen LogP contribution is 2.27. The number of carboxylic acids is 1. The third kappa shape index (κ3) is 2.39. The highest BCUT2D eigenvalue weighted by molar-refractivity contribution is 6.42. The van der Waals surface area contributed by atoms with E-state index in [1.165, 1.54) is 16.8 Å². The van der Waals surface area contributed by atoms with Crippen molar-refractivity contribution in [2.75, 3.05) is 0 Å². The molecule has 2 N–H and O–H groups in total. The first-order valence-corrected chi connectivity index (χ1v) is 6.53. The Morgan fingerprint density at radius 2 is 2.00 bits per heavy atom. The fraction of sp³-hybridized carbons (Fsp3) is 0. The van der Waals surface area contributed by atoms with E-state index < -0.39 is 11.5 Å². The zero-order valence-corrected chi connectivity index (χ0v) is 11.8. The highest BCUT2D eigenvalue weighted by atomic mass is 35.5. The Kier molecular flexibility index (Phi) is 3.19. The molecule has 0 fully saturated rings. The normalized spacial score (nSPS) is 11.0. The molecule has 2 aromatic heterocycles. The topological polar surface area (TPSA) is 87.5 Å². The molecule has 0 saturated carbocycles. The third-order valence-electron chi connectivity index (χ3n) is 2.92. The number of hydrogen-bond acceptors (Lipinski definition) is 3. The number of aromatic carboxylic acids is 1. The van der Waals surface area contributed by atoms with E-state index in [0.717, 1.165) is 0 Å². The number of rotatable bonds is 2. The van der Waals surface area contributed by atoms with Crippen LogP contribution >= 0.6 is 23.2 Å². The standard InChI is InChI=1S/C13H7Cl2N3O3/c14-7-2-1-6(3-8(7)15)10-5-18-11(12(19)16-10)4-9(17-18)13(20)21/h1-5H,(H,16,19)(H,20,21). The summed E-state index contributed by atoms with van der Waals surface area (Å²) in [7, 11) is 0. The van der Waals surface area contributed by atoms with Crippen molar-refractivity contribution >= 4 is 34.7 Å². The predicted octanol–water partition coefficient (Wildman–Crippen LogP) is 2.69. The second-order valence-corrected chi connectivity index (χ2v) is 5.10. The summed E-state index contributed by atoms with van der Waals surface area (Å²) in [6.07, 6.45) is 1.52. The van der Waals surface area contributed by atoms with Gasteiger partial charge in [-0.25, -0.2) is 9.31 Å². The van der Waals surface area contributed by atoms with Gasteiger partial charge in [0, 0.05) is 11.6 Å². The maximum Gasteiger partial charge on any atom is 0.356 e. The number of fused-ring (bicyclic) bond motifs is 1. The molecule has 0 aliphatic rings. The summed E-state index contributed by atoms with van der Waals surface area (Å²) in [5.74, 6) is -1.20.